The van der Waals surface area contributed by atoms with Crippen LogP contribution in [0.4, 0.5) is 0 Å². The Kier molecular flexibility index (Phi) is 6.41. The highest BCUT2D eigenvalue weighted by Crippen LogP contribution is 2.17. The minimum atomic E-state index is -3.47. The highest BCUT2D eigenvalue weighted by atomic mass is 79.9. The molecule has 0 radical (unpaired) electrons. The molecule has 5 nitrogen and oxygen atoms in total. The lowest BCUT2D eigenvalue weighted by molar-refractivity contribution is 0.446. The van der Waals surface area contributed by atoms with E-state index in [2.05, 4.69) is 20.7 Å². The van der Waals surface area contributed by atoms with E-state index in [9.17, 15) is 8.42 Å². The maximum absolute atomic E-state index is 12.1. The maximum Gasteiger partial charge on any atom is 0.279 e. The van der Waals surface area contributed by atoms with Crippen molar-refractivity contribution >= 4 is 26.1 Å². The molecule has 0 fully saturated rings. The summed E-state index contributed by atoms with van der Waals surface area (Å²) in [5.74, 6) is 0. The van der Waals surface area contributed by atoms with Crippen LogP contribution in [0.5, 0.6) is 0 Å². The molecule has 0 saturated carbocycles. The Labute approximate surface area is 123 Å². The van der Waals surface area contributed by atoms with Crippen LogP contribution in [0.3, 0.4) is 0 Å². The monoisotopic (exact) mass is 349 g/mol. The van der Waals surface area contributed by atoms with Crippen molar-refractivity contribution in [3.63, 3.8) is 0 Å². The molecule has 0 amide bonds. The zero-order valence-corrected chi connectivity index (χ0v) is 13.5. The molecule has 108 valence electrons. The van der Waals surface area contributed by atoms with Crippen LogP contribution in [0.2, 0.25) is 0 Å². The van der Waals surface area contributed by atoms with Crippen LogP contribution in [0, 0.1) is 0 Å². The molecule has 1 unspecified atom stereocenters. The molecular formula is C12H20BrN3O2S. The van der Waals surface area contributed by atoms with Crippen LogP contribution in [0.15, 0.2) is 28.7 Å². The van der Waals surface area contributed by atoms with Crippen molar-refractivity contribution < 1.29 is 8.42 Å². The van der Waals surface area contributed by atoms with Crippen molar-refractivity contribution in [2.45, 2.75) is 19.4 Å². The number of nitrogens with zero attached hydrogens (tertiary/aromatic N) is 1. The summed E-state index contributed by atoms with van der Waals surface area (Å²) in [4.78, 5) is 0. The van der Waals surface area contributed by atoms with Crippen LogP contribution < -0.4 is 10.5 Å². The van der Waals surface area contributed by atoms with Gasteiger partial charge in [-0.1, -0.05) is 28.1 Å². The highest BCUT2D eigenvalue weighted by molar-refractivity contribution is 9.10. The summed E-state index contributed by atoms with van der Waals surface area (Å²) in [6.07, 6.45) is 0.643. The first kappa shape index (κ1) is 16.6. The van der Waals surface area contributed by atoms with Gasteiger partial charge in [-0.3, -0.25) is 0 Å². The van der Waals surface area contributed by atoms with Crippen molar-refractivity contribution in [2.75, 3.05) is 20.1 Å². The number of nitrogens with one attached hydrogen (secondary N) is 1. The molecule has 0 spiro atoms. The molecule has 0 aliphatic rings. The van der Waals surface area contributed by atoms with Gasteiger partial charge in [0.1, 0.15) is 0 Å². The Bertz CT molecular complexity index is 490. The average Bonchev–Trinajstić information content (AvgIpc) is 2.36. The van der Waals surface area contributed by atoms with E-state index in [1.807, 2.05) is 31.2 Å². The Morgan fingerprint density at radius 3 is 2.47 bits per heavy atom. The van der Waals surface area contributed by atoms with E-state index in [4.69, 9.17) is 5.73 Å². The molecule has 1 aromatic carbocycles. The van der Waals surface area contributed by atoms with Crippen LogP contribution in [0.25, 0.3) is 0 Å². The van der Waals surface area contributed by atoms with Gasteiger partial charge in [-0.05, 0) is 37.6 Å². The highest BCUT2D eigenvalue weighted by Gasteiger charge is 2.20. The lowest BCUT2D eigenvalue weighted by atomic mass is 10.1. The van der Waals surface area contributed by atoms with Crippen molar-refractivity contribution in [1.29, 1.82) is 0 Å². The number of nitrogens with two attached hydrogens (primary N) is 1. The third kappa shape index (κ3) is 5.19. The van der Waals surface area contributed by atoms with Crippen molar-refractivity contribution in [1.82, 2.24) is 9.03 Å². The van der Waals surface area contributed by atoms with Crippen molar-refractivity contribution in [3.05, 3.63) is 34.3 Å². The third-order valence-electron chi connectivity index (χ3n) is 2.78. The van der Waals surface area contributed by atoms with Gasteiger partial charge < -0.3 is 5.73 Å². The van der Waals surface area contributed by atoms with Crippen molar-refractivity contribution in [3.8, 4) is 0 Å². The first-order valence-electron chi connectivity index (χ1n) is 6.06. The molecule has 0 heterocycles. The zero-order valence-electron chi connectivity index (χ0n) is 11.1. The Hall–Kier alpha value is -0.470. The number of halogens is 1. The lowest BCUT2D eigenvalue weighted by Crippen LogP contribution is -2.40. The summed E-state index contributed by atoms with van der Waals surface area (Å²) in [6, 6.07) is 7.27. The van der Waals surface area contributed by atoms with E-state index in [0.717, 1.165) is 10.0 Å². The molecule has 0 aliphatic carbocycles. The summed E-state index contributed by atoms with van der Waals surface area (Å²) in [7, 11) is -1.93. The molecule has 7 heteroatoms. The van der Waals surface area contributed by atoms with Gasteiger partial charge in [-0.2, -0.15) is 17.4 Å². The van der Waals surface area contributed by atoms with Crippen LogP contribution in [-0.2, 0) is 10.2 Å². The molecule has 0 aliphatic heterocycles. The van der Waals surface area contributed by atoms with Gasteiger partial charge in [-0.25, -0.2) is 0 Å². The van der Waals surface area contributed by atoms with Gasteiger partial charge in [-0.15, -0.1) is 0 Å². The van der Waals surface area contributed by atoms with E-state index >= 15 is 0 Å². The fraction of sp³-hybridized carbons (Fsp3) is 0.500. The van der Waals surface area contributed by atoms with Crippen LogP contribution in [-0.4, -0.2) is 32.9 Å². The molecule has 19 heavy (non-hydrogen) atoms. The number of benzene rings is 1. The predicted octanol–water partition coefficient (Wildman–Crippen LogP) is 1.63. The fourth-order valence-corrected chi connectivity index (χ4v) is 2.96. The van der Waals surface area contributed by atoms with Gasteiger partial charge in [0, 0.05) is 24.1 Å². The molecule has 1 rings (SSSR count). The Balaban J connectivity index is 2.69. The van der Waals surface area contributed by atoms with E-state index in [1.165, 1.54) is 4.31 Å². The maximum atomic E-state index is 12.1. The molecule has 0 saturated heterocycles. The third-order valence-corrected chi connectivity index (χ3v) is 4.97. The normalized spacial score (nSPS) is 13.7. The summed E-state index contributed by atoms with van der Waals surface area (Å²) in [5.41, 5.74) is 6.30. The second kappa shape index (κ2) is 7.35. The Morgan fingerprint density at radius 2 is 1.95 bits per heavy atom. The molecule has 3 N–H and O–H groups in total. The summed E-state index contributed by atoms with van der Waals surface area (Å²) in [6.45, 7) is 2.71. The van der Waals surface area contributed by atoms with Crippen LogP contribution >= 0.6 is 15.9 Å². The van der Waals surface area contributed by atoms with Crippen molar-refractivity contribution in [2.24, 2.45) is 5.73 Å². The fourth-order valence-electron chi connectivity index (χ4n) is 1.57. The second-order valence-corrected chi connectivity index (χ2v) is 7.08. The van der Waals surface area contributed by atoms with Gasteiger partial charge in [0.2, 0.25) is 0 Å². The molecule has 0 aromatic heterocycles. The lowest BCUT2D eigenvalue weighted by Gasteiger charge is -2.21. The number of hydrogen-bond acceptors (Lipinski definition) is 3. The number of rotatable bonds is 7. The topological polar surface area (TPSA) is 75.4 Å². The predicted molar refractivity (Wildman–Crippen MR) is 80.9 cm³/mol. The first-order chi connectivity index (χ1) is 8.86. The van der Waals surface area contributed by atoms with Crippen LogP contribution in [0.1, 0.15) is 24.9 Å². The smallest absolute Gasteiger partial charge is 0.279 e. The van der Waals surface area contributed by atoms with Gasteiger partial charge in [0.15, 0.2) is 0 Å². The summed E-state index contributed by atoms with van der Waals surface area (Å²) < 4.78 is 29.0. The zero-order chi connectivity index (χ0) is 14.5. The quantitative estimate of drug-likeness (QED) is 0.785. The molecule has 1 atom stereocenters. The molecule has 0 bridgehead atoms. The van der Waals surface area contributed by atoms with E-state index < -0.39 is 10.2 Å². The van der Waals surface area contributed by atoms with E-state index in [1.54, 1.807) is 7.05 Å². The Morgan fingerprint density at radius 1 is 1.37 bits per heavy atom. The number of hydrogen-bond donors (Lipinski definition) is 2. The summed E-state index contributed by atoms with van der Waals surface area (Å²) >= 11 is 3.35. The van der Waals surface area contributed by atoms with E-state index in [0.29, 0.717) is 19.5 Å². The summed E-state index contributed by atoms with van der Waals surface area (Å²) in [5, 5.41) is 0. The van der Waals surface area contributed by atoms with Gasteiger partial charge >= 0.3 is 0 Å². The van der Waals surface area contributed by atoms with Gasteiger partial charge in [0.05, 0.1) is 0 Å². The minimum Gasteiger partial charge on any atom is -0.330 e. The van der Waals surface area contributed by atoms with Gasteiger partial charge in [0.25, 0.3) is 10.2 Å². The largest absolute Gasteiger partial charge is 0.330 e. The average molecular weight is 350 g/mol. The first-order valence-corrected chi connectivity index (χ1v) is 8.29. The van der Waals surface area contributed by atoms with E-state index in [-0.39, 0.29) is 6.04 Å². The second-order valence-electron chi connectivity index (χ2n) is 4.36. The standard InChI is InChI=1S/C12H20BrN3O2S/c1-10(11-4-6-12(13)7-5-11)15-19(17,18)16(2)9-3-8-14/h4-7,10,15H,3,8-9,14H2,1-2H3. The molecular weight excluding hydrogens is 330 g/mol. The minimum absolute atomic E-state index is 0.279. The SMILES string of the molecule is CC(NS(=O)(=O)N(C)CCCN)c1ccc(Br)cc1. The molecule has 1 aromatic rings.